The van der Waals surface area contributed by atoms with Crippen LogP contribution >= 0.6 is 0 Å². The molecule has 1 heterocycles. The molecule has 0 saturated heterocycles. The summed E-state index contributed by atoms with van der Waals surface area (Å²) in [4.78, 5) is 4.70. The lowest BCUT2D eigenvalue weighted by Crippen LogP contribution is -1.88. The fourth-order valence-electron chi connectivity index (χ4n) is 4.79. The third-order valence-electron chi connectivity index (χ3n) is 6.87. The number of fused-ring (bicyclic) bond motifs is 1. The van der Waals surface area contributed by atoms with E-state index >= 15 is 0 Å². The fourth-order valence-corrected chi connectivity index (χ4v) is 4.79. The number of benzene rings is 5. The Kier molecular flexibility index (Phi) is 5.67. The van der Waals surface area contributed by atoms with E-state index in [4.69, 9.17) is 4.98 Å². The minimum atomic E-state index is 1.02. The summed E-state index contributed by atoms with van der Waals surface area (Å²) in [7, 11) is 0. The average Bonchev–Trinajstić information content (AvgIpc) is 2.93. The van der Waals surface area contributed by atoms with Crippen LogP contribution in [0.3, 0.4) is 0 Å². The van der Waals surface area contributed by atoms with Crippen molar-refractivity contribution in [2.45, 2.75) is 13.8 Å². The number of rotatable bonds is 4. The van der Waals surface area contributed by atoms with Gasteiger partial charge in [0, 0.05) is 17.1 Å². The predicted octanol–water partition coefficient (Wildman–Crippen LogP) is 9.52. The second-order valence-electron chi connectivity index (χ2n) is 9.49. The number of aryl methyl sites for hydroxylation is 2. The van der Waals surface area contributed by atoms with Crippen LogP contribution in [-0.2, 0) is 0 Å². The normalized spacial score (nSPS) is 11.1. The van der Waals surface area contributed by atoms with Gasteiger partial charge in [-0.1, -0.05) is 108 Å². The van der Waals surface area contributed by atoms with E-state index in [1.54, 1.807) is 0 Å². The third kappa shape index (κ3) is 4.32. The highest BCUT2D eigenvalue weighted by Gasteiger charge is 2.10. The maximum absolute atomic E-state index is 4.70. The Morgan fingerprint density at radius 2 is 0.861 bits per heavy atom. The van der Waals surface area contributed by atoms with E-state index < -0.39 is 0 Å². The van der Waals surface area contributed by atoms with Crippen molar-refractivity contribution in [3.05, 3.63) is 139 Å². The number of hydrogen-bond acceptors (Lipinski definition) is 1. The van der Waals surface area contributed by atoms with Crippen molar-refractivity contribution in [3.63, 3.8) is 0 Å². The van der Waals surface area contributed by atoms with Crippen molar-refractivity contribution in [1.29, 1.82) is 0 Å². The molecule has 5 aromatic carbocycles. The van der Waals surface area contributed by atoms with Gasteiger partial charge < -0.3 is 0 Å². The van der Waals surface area contributed by atoms with Gasteiger partial charge in [0.05, 0.1) is 5.69 Å². The van der Waals surface area contributed by atoms with Crippen LogP contribution in [0.1, 0.15) is 11.1 Å². The zero-order valence-electron chi connectivity index (χ0n) is 20.6. The second kappa shape index (κ2) is 9.28. The monoisotopic (exact) mass is 461 g/mol. The molecule has 1 aromatic heterocycles. The van der Waals surface area contributed by atoms with E-state index in [1.807, 2.05) is 6.20 Å². The van der Waals surface area contributed by atoms with Gasteiger partial charge in [-0.05, 0) is 76.9 Å². The van der Waals surface area contributed by atoms with Gasteiger partial charge in [0.1, 0.15) is 0 Å². The second-order valence-corrected chi connectivity index (χ2v) is 9.49. The van der Waals surface area contributed by atoms with Crippen molar-refractivity contribution >= 4 is 10.8 Å². The van der Waals surface area contributed by atoms with Gasteiger partial charge in [-0.15, -0.1) is 0 Å². The first kappa shape index (κ1) is 22.0. The molecule has 1 heteroatoms. The molecule has 36 heavy (non-hydrogen) atoms. The Morgan fingerprint density at radius 1 is 0.417 bits per heavy atom. The van der Waals surface area contributed by atoms with Crippen molar-refractivity contribution < 1.29 is 0 Å². The molecule has 0 aliphatic heterocycles. The maximum atomic E-state index is 4.70. The summed E-state index contributed by atoms with van der Waals surface area (Å²) in [5.41, 5.74) is 12.0. The summed E-state index contributed by atoms with van der Waals surface area (Å²) < 4.78 is 0. The number of nitrogens with zero attached hydrogens (tertiary/aromatic N) is 1. The molecule has 0 atom stereocenters. The van der Waals surface area contributed by atoms with Gasteiger partial charge in [0.15, 0.2) is 0 Å². The maximum Gasteiger partial charge on any atom is 0.0780 e. The standard InChI is InChI=1S/C35H27N/c1-24-7-11-26(12-8-24)31-21-32(27-13-9-25(2)10-14-27)23-33(22-31)28-15-17-30(18-16-28)35-34-6-4-3-5-29(34)19-20-36-35/h3-23H,1-2H3. The lowest BCUT2D eigenvalue weighted by molar-refractivity contribution is 1.36. The highest BCUT2D eigenvalue weighted by atomic mass is 14.7. The zero-order valence-corrected chi connectivity index (χ0v) is 20.6. The van der Waals surface area contributed by atoms with E-state index in [0.717, 1.165) is 11.3 Å². The summed E-state index contributed by atoms with van der Waals surface area (Å²) in [6, 6.07) is 43.8. The fraction of sp³-hybridized carbons (Fsp3) is 0.0571. The van der Waals surface area contributed by atoms with Crippen molar-refractivity contribution in [1.82, 2.24) is 4.98 Å². The quantitative estimate of drug-likeness (QED) is 0.255. The van der Waals surface area contributed by atoms with Crippen LogP contribution in [0.2, 0.25) is 0 Å². The summed E-state index contributed by atoms with van der Waals surface area (Å²) >= 11 is 0. The first-order valence-corrected chi connectivity index (χ1v) is 12.4. The van der Waals surface area contributed by atoms with E-state index in [2.05, 4.69) is 135 Å². The lowest BCUT2D eigenvalue weighted by atomic mass is 9.92. The largest absolute Gasteiger partial charge is 0.256 e. The lowest BCUT2D eigenvalue weighted by Gasteiger charge is -2.12. The highest BCUT2D eigenvalue weighted by Crippen LogP contribution is 2.34. The topological polar surface area (TPSA) is 12.9 Å². The molecule has 1 nitrogen and oxygen atoms in total. The number of hydrogen-bond donors (Lipinski definition) is 0. The molecule has 0 spiro atoms. The molecule has 0 saturated carbocycles. The van der Waals surface area contributed by atoms with Crippen molar-refractivity contribution in [2.75, 3.05) is 0 Å². The zero-order chi connectivity index (χ0) is 24.5. The summed E-state index contributed by atoms with van der Waals surface area (Å²) in [5, 5.41) is 2.39. The molecule has 0 bridgehead atoms. The molecule has 172 valence electrons. The molecule has 0 radical (unpaired) electrons. The van der Waals surface area contributed by atoms with Gasteiger partial charge in [0.25, 0.3) is 0 Å². The number of pyridine rings is 1. The van der Waals surface area contributed by atoms with Crippen LogP contribution in [0.15, 0.2) is 128 Å². The van der Waals surface area contributed by atoms with Crippen LogP contribution in [0, 0.1) is 13.8 Å². The predicted molar refractivity (Wildman–Crippen MR) is 153 cm³/mol. The molecule has 0 fully saturated rings. The van der Waals surface area contributed by atoms with Crippen LogP contribution in [0.4, 0.5) is 0 Å². The summed E-state index contributed by atoms with van der Waals surface area (Å²) in [6.07, 6.45) is 1.89. The Balaban J connectivity index is 1.45. The molecule has 0 aliphatic rings. The molecule has 6 aromatic rings. The van der Waals surface area contributed by atoms with Crippen LogP contribution < -0.4 is 0 Å². The molecular weight excluding hydrogens is 434 g/mol. The molecule has 6 rings (SSSR count). The smallest absolute Gasteiger partial charge is 0.0780 e. The minimum absolute atomic E-state index is 1.02. The highest BCUT2D eigenvalue weighted by molar-refractivity contribution is 5.94. The molecular formula is C35H27N. The first-order valence-electron chi connectivity index (χ1n) is 12.4. The van der Waals surface area contributed by atoms with Gasteiger partial charge in [-0.3, -0.25) is 4.98 Å². The molecule has 0 N–H and O–H groups in total. The van der Waals surface area contributed by atoms with Crippen molar-refractivity contribution in [2.24, 2.45) is 0 Å². The van der Waals surface area contributed by atoms with Crippen molar-refractivity contribution in [3.8, 4) is 44.6 Å². The van der Waals surface area contributed by atoms with Gasteiger partial charge >= 0.3 is 0 Å². The Morgan fingerprint density at radius 3 is 1.39 bits per heavy atom. The van der Waals surface area contributed by atoms with Gasteiger partial charge in [-0.25, -0.2) is 0 Å². The van der Waals surface area contributed by atoms with E-state index in [9.17, 15) is 0 Å². The van der Waals surface area contributed by atoms with E-state index in [1.165, 1.54) is 55.3 Å². The summed E-state index contributed by atoms with van der Waals surface area (Å²) in [6.45, 7) is 4.26. The Labute approximate surface area is 212 Å². The average molecular weight is 462 g/mol. The minimum Gasteiger partial charge on any atom is -0.256 e. The van der Waals surface area contributed by atoms with Crippen LogP contribution in [0.5, 0.6) is 0 Å². The summed E-state index contributed by atoms with van der Waals surface area (Å²) in [5.74, 6) is 0. The van der Waals surface area contributed by atoms with Gasteiger partial charge in [-0.2, -0.15) is 0 Å². The molecule has 0 amide bonds. The Bertz CT molecular complexity index is 1590. The van der Waals surface area contributed by atoms with E-state index in [0.29, 0.717) is 0 Å². The number of aromatic nitrogens is 1. The van der Waals surface area contributed by atoms with Crippen LogP contribution in [0.25, 0.3) is 55.4 Å². The SMILES string of the molecule is Cc1ccc(-c2cc(-c3ccc(C)cc3)cc(-c3ccc(-c4nccc5ccccc45)cc3)c2)cc1. The van der Waals surface area contributed by atoms with E-state index in [-0.39, 0.29) is 0 Å². The third-order valence-corrected chi connectivity index (χ3v) is 6.87. The van der Waals surface area contributed by atoms with Gasteiger partial charge in [0.2, 0.25) is 0 Å². The molecule has 0 unspecified atom stereocenters. The first-order chi connectivity index (χ1) is 17.6. The van der Waals surface area contributed by atoms with Crippen LogP contribution in [-0.4, -0.2) is 4.98 Å². The molecule has 0 aliphatic carbocycles. The Hall–Kier alpha value is -4.49.